The molecule has 1 aliphatic carbocycles. The van der Waals surface area contributed by atoms with Gasteiger partial charge in [-0.15, -0.1) is 0 Å². The maximum absolute atomic E-state index is 13.8. The average Bonchev–Trinajstić information content (AvgIpc) is 3.65. The van der Waals surface area contributed by atoms with Gasteiger partial charge in [0.05, 0.1) is 32.0 Å². The number of halogens is 2. The Balaban J connectivity index is 1.33. The summed E-state index contributed by atoms with van der Waals surface area (Å²) in [5, 5.41) is 7.69. The number of aromatic nitrogens is 1. The number of aryl methyl sites for hydroxylation is 1. The lowest BCUT2D eigenvalue weighted by Gasteiger charge is -2.33. The topological polar surface area (TPSA) is 63.2 Å². The predicted octanol–water partition coefficient (Wildman–Crippen LogP) is 5.66. The molecule has 191 valence electrons. The van der Waals surface area contributed by atoms with Crippen molar-refractivity contribution in [2.24, 2.45) is 0 Å². The van der Waals surface area contributed by atoms with Gasteiger partial charge in [0.1, 0.15) is 11.6 Å². The van der Waals surface area contributed by atoms with Crippen LogP contribution in [0.1, 0.15) is 40.7 Å². The van der Waals surface area contributed by atoms with Crippen molar-refractivity contribution < 1.29 is 13.9 Å². The second kappa shape index (κ2) is 9.80. The Morgan fingerprint density at radius 3 is 2.71 bits per heavy atom. The van der Waals surface area contributed by atoms with E-state index >= 15 is 0 Å². The van der Waals surface area contributed by atoms with Gasteiger partial charge < -0.3 is 15.4 Å². The maximum Gasteiger partial charge on any atom is 0.252 e. The van der Waals surface area contributed by atoms with Crippen LogP contribution < -0.4 is 15.4 Å². The summed E-state index contributed by atoms with van der Waals surface area (Å²) in [6.07, 6.45) is 4.41. The van der Waals surface area contributed by atoms with Gasteiger partial charge in [-0.25, -0.2) is 4.39 Å². The smallest absolute Gasteiger partial charge is 0.252 e. The van der Waals surface area contributed by atoms with Gasteiger partial charge in [-0.3, -0.25) is 9.78 Å². The minimum Gasteiger partial charge on any atom is -0.493 e. The van der Waals surface area contributed by atoms with Crippen molar-refractivity contribution in [3.63, 3.8) is 0 Å². The van der Waals surface area contributed by atoms with E-state index < -0.39 is 11.4 Å². The van der Waals surface area contributed by atoms with E-state index in [9.17, 15) is 9.18 Å². The van der Waals surface area contributed by atoms with Gasteiger partial charge in [0, 0.05) is 23.2 Å². The van der Waals surface area contributed by atoms with E-state index in [1.165, 1.54) is 6.07 Å². The Kier molecular flexibility index (Phi) is 6.46. The molecular formula is C30H26ClFN3O2Si. The van der Waals surface area contributed by atoms with Crippen LogP contribution in [-0.2, 0) is 5.54 Å². The summed E-state index contributed by atoms with van der Waals surface area (Å²) in [7, 11) is 3.66. The number of pyridine rings is 1. The zero-order chi connectivity index (χ0) is 26.4. The fourth-order valence-electron chi connectivity index (χ4n) is 5.01. The SMILES string of the molecule is Cc1ccc(O[C@@H]([Si])[C@@H]2CCN2)cc1C(=O)NC1(c2cc(-c3ccc(F)c(Cl)c3)cc3ncccc23)CC1. The second-order valence-corrected chi connectivity index (χ2v) is 11.1. The van der Waals surface area contributed by atoms with Crippen molar-refractivity contribution in [2.75, 3.05) is 6.54 Å². The summed E-state index contributed by atoms with van der Waals surface area (Å²) in [6.45, 7) is 2.91. The lowest BCUT2D eigenvalue weighted by Crippen LogP contribution is -2.53. The summed E-state index contributed by atoms with van der Waals surface area (Å²) < 4.78 is 19.9. The summed E-state index contributed by atoms with van der Waals surface area (Å²) in [5.41, 5.74) is 4.23. The molecule has 38 heavy (non-hydrogen) atoms. The molecule has 1 amide bonds. The number of nitrogens with one attached hydrogen (secondary N) is 2. The van der Waals surface area contributed by atoms with Gasteiger partial charge in [-0.05, 0) is 97.4 Å². The molecule has 0 unspecified atom stereocenters. The highest BCUT2D eigenvalue weighted by atomic mass is 35.5. The van der Waals surface area contributed by atoms with E-state index in [0.717, 1.165) is 59.0 Å². The molecule has 0 spiro atoms. The summed E-state index contributed by atoms with van der Waals surface area (Å²) >= 11 is 6.08. The molecule has 3 aromatic carbocycles. The molecule has 2 atom stereocenters. The molecule has 2 aliphatic rings. The van der Waals surface area contributed by atoms with Gasteiger partial charge >= 0.3 is 0 Å². The quantitative estimate of drug-likeness (QED) is 0.296. The van der Waals surface area contributed by atoms with Crippen LogP contribution >= 0.6 is 11.6 Å². The largest absolute Gasteiger partial charge is 0.493 e. The lowest BCUT2D eigenvalue weighted by molar-refractivity contribution is 0.0929. The average molecular weight is 543 g/mol. The number of hydrogen-bond donors (Lipinski definition) is 2. The molecule has 1 aromatic heterocycles. The molecule has 1 saturated carbocycles. The number of benzene rings is 3. The van der Waals surface area contributed by atoms with Crippen molar-refractivity contribution in [1.82, 2.24) is 15.6 Å². The first-order valence-electron chi connectivity index (χ1n) is 12.7. The summed E-state index contributed by atoms with van der Waals surface area (Å²) in [6, 6.07) is 18.5. The van der Waals surface area contributed by atoms with E-state index in [0.29, 0.717) is 11.3 Å². The first kappa shape index (κ1) is 25.0. The van der Waals surface area contributed by atoms with Crippen molar-refractivity contribution >= 4 is 38.7 Å². The zero-order valence-corrected chi connectivity index (χ0v) is 22.6. The fourth-order valence-corrected chi connectivity index (χ4v) is 5.61. The van der Waals surface area contributed by atoms with E-state index in [1.54, 1.807) is 18.3 Å². The van der Waals surface area contributed by atoms with Gasteiger partial charge in [0.15, 0.2) is 0 Å². The molecule has 3 radical (unpaired) electrons. The molecule has 8 heteroatoms. The number of carbonyl (C=O) groups excluding carboxylic acids is 1. The number of nitrogens with zero attached hydrogens (tertiary/aromatic N) is 1. The van der Waals surface area contributed by atoms with E-state index in [1.807, 2.05) is 43.3 Å². The van der Waals surface area contributed by atoms with Crippen LogP contribution in [0, 0.1) is 12.7 Å². The summed E-state index contributed by atoms with van der Waals surface area (Å²) in [4.78, 5) is 18.2. The molecule has 5 nitrogen and oxygen atoms in total. The molecule has 4 aromatic rings. The van der Waals surface area contributed by atoms with Crippen LogP contribution in [0.4, 0.5) is 4.39 Å². The van der Waals surface area contributed by atoms with Crippen LogP contribution in [0.25, 0.3) is 22.0 Å². The standard InChI is InChI=1S/C30H26ClFN3O2Si/c1-17-4-6-20(37-29(38)26-8-12-34-26)16-22(17)28(36)35-30(9-10-30)23-13-19(15-27-21(23)3-2-11-33-27)18-5-7-25(32)24(31)14-18/h2-7,11,13-16,26,29,34H,8-10,12H2,1H3,(H,35,36)/t26-,29-/m0/s1. The van der Waals surface area contributed by atoms with Gasteiger partial charge in [0.2, 0.25) is 0 Å². The maximum atomic E-state index is 13.8. The molecule has 1 saturated heterocycles. The molecule has 1 aliphatic heterocycles. The zero-order valence-electron chi connectivity index (χ0n) is 20.9. The van der Waals surface area contributed by atoms with Crippen molar-refractivity contribution in [3.8, 4) is 16.9 Å². The first-order chi connectivity index (χ1) is 18.3. The number of carbonyl (C=O) groups is 1. The predicted molar refractivity (Wildman–Crippen MR) is 148 cm³/mol. The molecule has 0 bridgehead atoms. The third kappa shape index (κ3) is 4.70. The Morgan fingerprint density at radius 2 is 2.00 bits per heavy atom. The monoisotopic (exact) mass is 542 g/mol. The minimum atomic E-state index is -0.519. The van der Waals surface area contributed by atoms with Crippen LogP contribution in [0.15, 0.2) is 66.9 Å². The molecular weight excluding hydrogens is 517 g/mol. The third-order valence-corrected chi connectivity index (χ3v) is 8.35. The molecule has 2 N–H and O–H groups in total. The van der Waals surface area contributed by atoms with Crippen LogP contribution in [0.3, 0.4) is 0 Å². The third-order valence-electron chi connectivity index (χ3n) is 7.54. The highest BCUT2D eigenvalue weighted by Crippen LogP contribution is 2.49. The number of fused-ring (bicyclic) bond motifs is 1. The van der Waals surface area contributed by atoms with Crippen molar-refractivity contribution in [2.45, 2.75) is 43.5 Å². The molecule has 2 fully saturated rings. The Morgan fingerprint density at radius 1 is 1.18 bits per heavy atom. The van der Waals surface area contributed by atoms with Gasteiger partial charge in [-0.1, -0.05) is 29.8 Å². The van der Waals surface area contributed by atoms with Crippen molar-refractivity contribution in [1.29, 1.82) is 0 Å². The first-order valence-corrected chi connectivity index (χ1v) is 13.7. The Labute approximate surface area is 229 Å². The highest BCUT2D eigenvalue weighted by molar-refractivity contribution is 6.31. The Bertz CT molecular complexity index is 1550. The number of amides is 1. The van der Waals surface area contributed by atoms with E-state index in [-0.39, 0.29) is 22.7 Å². The van der Waals surface area contributed by atoms with E-state index in [2.05, 4.69) is 31.9 Å². The number of hydrogen-bond acceptors (Lipinski definition) is 4. The fraction of sp³-hybridized carbons (Fsp3) is 0.267. The highest BCUT2D eigenvalue weighted by Gasteiger charge is 2.47. The normalized spacial score (nSPS) is 18.5. The molecule has 2 heterocycles. The molecule has 6 rings (SSSR count). The Hall–Kier alpha value is -3.26. The number of rotatable bonds is 7. The second-order valence-electron chi connectivity index (χ2n) is 10.1. The summed E-state index contributed by atoms with van der Waals surface area (Å²) in [5.74, 6) is 0.0336. The van der Waals surface area contributed by atoms with Gasteiger partial charge in [0.25, 0.3) is 5.91 Å². The van der Waals surface area contributed by atoms with Crippen LogP contribution in [0.5, 0.6) is 5.75 Å². The number of ether oxygens (including phenoxy) is 1. The van der Waals surface area contributed by atoms with Crippen LogP contribution in [0.2, 0.25) is 5.02 Å². The van der Waals surface area contributed by atoms with E-state index in [4.69, 9.17) is 16.3 Å². The minimum absolute atomic E-state index is 0.0656. The van der Waals surface area contributed by atoms with Crippen LogP contribution in [-0.4, -0.2) is 39.4 Å². The van der Waals surface area contributed by atoms with Gasteiger partial charge in [-0.2, -0.15) is 0 Å². The van der Waals surface area contributed by atoms with Crippen molar-refractivity contribution in [3.05, 3.63) is 94.4 Å². The lowest BCUT2D eigenvalue weighted by atomic mass is 9.93.